The van der Waals surface area contributed by atoms with Crippen LogP contribution >= 0.6 is 0 Å². The van der Waals surface area contributed by atoms with Gasteiger partial charge in [-0.3, -0.25) is 4.79 Å². The van der Waals surface area contributed by atoms with Crippen LogP contribution in [0.15, 0.2) is 34.5 Å². The maximum Gasteiger partial charge on any atom is 0.156 e. The largest absolute Gasteiger partial charge is 0.467 e. The molecule has 3 heteroatoms. The molecule has 1 aliphatic carbocycles. The van der Waals surface area contributed by atoms with Crippen molar-refractivity contribution in [3.8, 4) is 0 Å². The fraction of sp³-hybridized carbons (Fsp3) is 0.417. The Morgan fingerprint density at radius 1 is 1.33 bits per heavy atom. The normalized spacial score (nSPS) is 30.1. The lowest BCUT2D eigenvalue weighted by Gasteiger charge is -2.27. The van der Waals surface area contributed by atoms with Crippen LogP contribution in [-0.2, 0) is 9.53 Å². The van der Waals surface area contributed by atoms with E-state index in [2.05, 4.69) is 0 Å². The molecule has 1 fully saturated rings. The number of ketones is 1. The number of rotatable bonds is 1. The molecule has 0 saturated carbocycles. The van der Waals surface area contributed by atoms with E-state index in [9.17, 15) is 4.79 Å². The summed E-state index contributed by atoms with van der Waals surface area (Å²) in [7, 11) is 0. The predicted octanol–water partition coefficient (Wildman–Crippen LogP) is 2.26. The monoisotopic (exact) mass is 204 g/mol. The fourth-order valence-electron chi connectivity index (χ4n) is 2.31. The lowest BCUT2D eigenvalue weighted by molar-refractivity contribution is -0.115. The highest BCUT2D eigenvalue weighted by Crippen LogP contribution is 2.38. The van der Waals surface area contributed by atoms with Gasteiger partial charge in [0.15, 0.2) is 5.78 Å². The molecule has 0 aromatic carbocycles. The van der Waals surface area contributed by atoms with Gasteiger partial charge in [0, 0.05) is 18.8 Å². The summed E-state index contributed by atoms with van der Waals surface area (Å²) in [5, 5.41) is 0. The molecular weight excluding hydrogens is 192 g/mol. The first-order chi connectivity index (χ1) is 7.33. The van der Waals surface area contributed by atoms with Gasteiger partial charge in [0.25, 0.3) is 0 Å². The zero-order valence-electron chi connectivity index (χ0n) is 8.31. The number of ether oxygens (including phenoxy) is 1. The molecule has 0 unspecified atom stereocenters. The average Bonchev–Trinajstić information content (AvgIpc) is 2.82. The Bertz CT molecular complexity index is 403. The minimum Gasteiger partial charge on any atom is -0.467 e. The Hall–Kier alpha value is -1.35. The van der Waals surface area contributed by atoms with Gasteiger partial charge >= 0.3 is 0 Å². The van der Waals surface area contributed by atoms with E-state index in [4.69, 9.17) is 9.15 Å². The Balaban J connectivity index is 1.81. The molecule has 3 nitrogen and oxygen atoms in total. The zero-order valence-corrected chi connectivity index (χ0v) is 8.31. The van der Waals surface area contributed by atoms with Crippen LogP contribution in [0.5, 0.6) is 0 Å². The van der Waals surface area contributed by atoms with Crippen molar-refractivity contribution in [2.75, 3.05) is 6.61 Å². The highest BCUT2D eigenvalue weighted by molar-refractivity contribution is 5.93. The van der Waals surface area contributed by atoms with Crippen molar-refractivity contribution in [3.63, 3.8) is 0 Å². The SMILES string of the molecule is O=C1C=C2C[C@H](c3ccco3)OC[C@H]2C1. The van der Waals surface area contributed by atoms with Gasteiger partial charge in [-0.25, -0.2) is 0 Å². The van der Waals surface area contributed by atoms with Crippen LogP contribution in [-0.4, -0.2) is 12.4 Å². The molecule has 78 valence electrons. The highest BCUT2D eigenvalue weighted by Gasteiger charge is 2.33. The van der Waals surface area contributed by atoms with E-state index in [1.807, 2.05) is 12.1 Å². The molecule has 1 aliphatic heterocycles. The van der Waals surface area contributed by atoms with Gasteiger partial charge in [-0.2, -0.15) is 0 Å². The van der Waals surface area contributed by atoms with Crippen LogP contribution in [0.3, 0.4) is 0 Å². The highest BCUT2D eigenvalue weighted by atomic mass is 16.5. The maximum atomic E-state index is 11.2. The molecule has 0 N–H and O–H groups in total. The van der Waals surface area contributed by atoms with Crippen LogP contribution in [0.1, 0.15) is 24.7 Å². The first-order valence-corrected chi connectivity index (χ1v) is 5.21. The van der Waals surface area contributed by atoms with Crippen molar-refractivity contribution in [1.82, 2.24) is 0 Å². The van der Waals surface area contributed by atoms with Crippen LogP contribution < -0.4 is 0 Å². The second kappa shape index (κ2) is 3.35. The van der Waals surface area contributed by atoms with E-state index in [1.165, 1.54) is 5.57 Å². The summed E-state index contributed by atoms with van der Waals surface area (Å²) < 4.78 is 11.0. The predicted molar refractivity (Wildman–Crippen MR) is 53.2 cm³/mol. The maximum absolute atomic E-state index is 11.2. The van der Waals surface area contributed by atoms with E-state index in [1.54, 1.807) is 12.3 Å². The summed E-state index contributed by atoms with van der Waals surface area (Å²) >= 11 is 0. The van der Waals surface area contributed by atoms with Crippen molar-refractivity contribution >= 4 is 5.78 Å². The van der Waals surface area contributed by atoms with Crippen LogP contribution in [0, 0.1) is 5.92 Å². The summed E-state index contributed by atoms with van der Waals surface area (Å²) in [5.74, 6) is 1.41. The summed E-state index contributed by atoms with van der Waals surface area (Å²) in [4.78, 5) is 11.2. The minimum absolute atomic E-state index is 0.00611. The number of carbonyl (C=O) groups is 1. The van der Waals surface area contributed by atoms with Gasteiger partial charge in [0.2, 0.25) is 0 Å². The van der Waals surface area contributed by atoms with Crippen molar-refractivity contribution in [2.45, 2.75) is 18.9 Å². The van der Waals surface area contributed by atoms with Crippen molar-refractivity contribution in [1.29, 1.82) is 0 Å². The van der Waals surface area contributed by atoms with Gasteiger partial charge in [0.1, 0.15) is 11.9 Å². The molecule has 2 aliphatic rings. The van der Waals surface area contributed by atoms with Crippen LogP contribution in [0.25, 0.3) is 0 Å². The van der Waals surface area contributed by atoms with Crippen LogP contribution in [0.4, 0.5) is 0 Å². The van der Waals surface area contributed by atoms with Crippen molar-refractivity contribution in [3.05, 3.63) is 35.8 Å². The van der Waals surface area contributed by atoms with E-state index in [-0.39, 0.29) is 11.9 Å². The van der Waals surface area contributed by atoms with E-state index in [0.717, 1.165) is 12.2 Å². The summed E-state index contributed by atoms with van der Waals surface area (Å²) in [5.41, 5.74) is 1.23. The van der Waals surface area contributed by atoms with Gasteiger partial charge in [-0.15, -0.1) is 0 Å². The van der Waals surface area contributed by atoms with E-state index < -0.39 is 0 Å². The molecule has 3 rings (SSSR count). The molecule has 0 radical (unpaired) electrons. The molecule has 2 atom stereocenters. The number of hydrogen-bond acceptors (Lipinski definition) is 3. The first-order valence-electron chi connectivity index (χ1n) is 5.21. The van der Waals surface area contributed by atoms with E-state index >= 15 is 0 Å². The third-order valence-electron chi connectivity index (χ3n) is 3.10. The second-order valence-corrected chi connectivity index (χ2v) is 4.13. The molecule has 2 heterocycles. The first kappa shape index (κ1) is 8.92. The Morgan fingerprint density at radius 3 is 3.07 bits per heavy atom. The van der Waals surface area contributed by atoms with Gasteiger partial charge < -0.3 is 9.15 Å². The van der Waals surface area contributed by atoms with Gasteiger partial charge in [-0.05, 0) is 18.2 Å². The van der Waals surface area contributed by atoms with E-state index in [0.29, 0.717) is 18.9 Å². The number of allylic oxidation sites excluding steroid dienone is 1. The standard InChI is InChI=1S/C12H12O3/c13-10-4-8-6-12(11-2-1-3-14-11)15-7-9(8)5-10/h1-4,9,12H,5-7H2/t9-,12-/m1/s1. The molecule has 0 amide bonds. The minimum atomic E-state index is -0.00611. The van der Waals surface area contributed by atoms with Gasteiger partial charge in [-0.1, -0.05) is 5.57 Å². The number of hydrogen-bond donors (Lipinski definition) is 0. The number of carbonyl (C=O) groups excluding carboxylic acids is 1. The smallest absolute Gasteiger partial charge is 0.156 e. The third-order valence-corrected chi connectivity index (χ3v) is 3.10. The lowest BCUT2D eigenvalue weighted by Crippen LogP contribution is -2.20. The quantitative estimate of drug-likeness (QED) is 0.704. The lowest BCUT2D eigenvalue weighted by atomic mass is 9.93. The summed E-state index contributed by atoms with van der Waals surface area (Å²) in [6, 6.07) is 3.78. The summed E-state index contributed by atoms with van der Waals surface area (Å²) in [6.07, 6.45) is 4.85. The topological polar surface area (TPSA) is 39.4 Å². The third kappa shape index (κ3) is 1.53. The number of furan rings is 1. The molecule has 0 bridgehead atoms. The van der Waals surface area contributed by atoms with Crippen molar-refractivity contribution < 1.29 is 13.9 Å². The molecule has 15 heavy (non-hydrogen) atoms. The molecular formula is C12H12O3. The van der Waals surface area contributed by atoms with Crippen molar-refractivity contribution in [2.24, 2.45) is 5.92 Å². The van der Waals surface area contributed by atoms with Crippen LogP contribution in [0.2, 0.25) is 0 Å². The average molecular weight is 204 g/mol. The number of fused-ring (bicyclic) bond motifs is 1. The Morgan fingerprint density at radius 2 is 2.27 bits per heavy atom. The fourth-order valence-corrected chi connectivity index (χ4v) is 2.31. The molecule has 0 spiro atoms. The molecule has 1 aromatic rings. The van der Waals surface area contributed by atoms with Gasteiger partial charge in [0.05, 0.1) is 12.9 Å². The molecule has 1 saturated heterocycles. The zero-order chi connectivity index (χ0) is 10.3. The Labute approximate surface area is 87.7 Å². The Kier molecular flexibility index (Phi) is 1.99. The second-order valence-electron chi connectivity index (χ2n) is 4.13. The summed E-state index contributed by atoms with van der Waals surface area (Å²) in [6.45, 7) is 0.642. The molecule has 1 aromatic heterocycles.